The van der Waals surface area contributed by atoms with E-state index in [0.717, 1.165) is 19.7 Å². The van der Waals surface area contributed by atoms with E-state index in [0.29, 0.717) is 12.4 Å². The minimum atomic E-state index is -0.406. The van der Waals surface area contributed by atoms with E-state index in [2.05, 4.69) is 4.90 Å². The number of halogens is 1. The zero-order valence-electron chi connectivity index (χ0n) is 7.37. The maximum absolute atomic E-state index is 9.28. The minimum absolute atomic E-state index is 0.279. The molecule has 0 spiro atoms. The third-order valence-corrected chi connectivity index (χ3v) is 2.33. The van der Waals surface area contributed by atoms with Gasteiger partial charge in [-0.15, -0.1) is 11.6 Å². The van der Waals surface area contributed by atoms with Gasteiger partial charge in [0.2, 0.25) is 0 Å². The Morgan fingerprint density at radius 1 is 1.75 bits per heavy atom. The van der Waals surface area contributed by atoms with Crippen molar-refractivity contribution in [3.63, 3.8) is 0 Å². The predicted octanol–water partition coefficient (Wildman–Crippen LogP) is 0.307. The van der Waals surface area contributed by atoms with Gasteiger partial charge >= 0.3 is 0 Å². The van der Waals surface area contributed by atoms with Crippen molar-refractivity contribution in [3.8, 4) is 0 Å². The molecular formula is C8H16ClNO2. The molecule has 1 rings (SSSR count). The van der Waals surface area contributed by atoms with E-state index < -0.39 is 6.10 Å². The van der Waals surface area contributed by atoms with Crippen LogP contribution in [-0.4, -0.2) is 54.3 Å². The van der Waals surface area contributed by atoms with Crippen LogP contribution in [0.5, 0.6) is 0 Å². The topological polar surface area (TPSA) is 32.7 Å². The maximum atomic E-state index is 9.28. The normalized spacial score (nSPS) is 28.8. The third kappa shape index (κ3) is 3.27. The second-order valence-electron chi connectivity index (χ2n) is 3.25. The van der Waals surface area contributed by atoms with E-state index in [-0.39, 0.29) is 6.10 Å². The van der Waals surface area contributed by atoms with Crippen molar-refractivity contribution in [2.24, 2.45) is 0 Å². The van der Waals surface area contributed by atoms with Crippen LogP contribution in [0.25, 0.3) is 0 Å². The molecule has 1 heterocycles. The summed E-state index contributed by atoms with van der Waals surface area (Å²) in [6, 6.07) is 0. The van der Waals surface area contributed by atoms with Crippen LogP contribution < -0.4 is 0 Å². The Bertz CT molecular complexity index is 134. The zero-order valence-corrected chi connectivity index (χ0v) is 8.13. The lowest BCUT2D eigenvalue weighted by atomic mass is 10.2. The Hall–Kier alpha value is 0.170. The van der Waals surface area contributed by atoms with Gasteiger partial charge in [0.25, 0.3) is 0 Å². The summed E-state index contributed by atoms with van der Waals surface area (Å²) in [4.78, 5) is 2.18. The number of hydrogen-bond donors (Lipinski definition) is 1. The Morgan fingerprint density at radius 2 is 2.50 bits per heavy atom. The zero-order chi connectivity index (χ0) is 8.97. The molecule has 0 bridgehead atoms. The smallest absolute Gasteiger partial charge is 0.0802 e. The van der Waals surface area contributed by atoms with E-state index in [1.165, 1.54) is 0 Å². The van der Waals surface area contributed by atoms with E-state index >= 15 is 0 Å². The molecule has 0 saturated carbocycles. The fourth-order valence-electron chi connectivity index (χ4n) is 1.40. The van der Waals surface area contributed by atoms with Crippen LogP contribution in [0, 0.1) is 0 Å². The molecule has 3 nitrogen and oxygen atoms in total. The fourth-order valence-corrected chi connectivity index (χ4v) is 1.50. The van der Waals surface area contributed by atoms with Crippen LogP contribution in [0.1, 0.15) is 6.92 Å². The number of aliphatic hydroxyl groups is 1. The first-order valence-corrected chi connectivity index (χ1v) is 4.84. The fraction of sp³-hybridized carbons (Fsp3) is 1.00. The van der Waals surface area contributed by atoms with Gasteiger partial charge in [-0.05, 0) is 6.92 Å². The Balaban J connectivity index is 2.22. The van der Waals surface area contributed by atoms with Crippen molar-refractivity contribution in [3.05, 3.63) is 0 Å². The van der Waals surface area contributed by atoms with Gasteiger partial charge in [0.15, 0.2) is 0 Å². The van der Waals surface area contributed by atoms with E-state index in [9.17, 15) is 5.11 Å². The lowest BCUT2D eigenvalue weighted by Gasteiger charge is -2.31. The average molecular weight is 194 g/mol. The molecule has 0 amide bonds. The number of aliphatic hydroxyl groups excluding tert-OH is 1. The molecule has 0 aromatic heterocycles. The summed E-state index contributed by atoms with van der Waals surface area (Å²) in [5.74, 6) is 0.311. The second-order valence-corrected chi connectivity index (χ2v) is 3.56. The highest BCUT2D eigenvalue weighted by molar-refractivity contribution is 6.18. The van der Waals surface area contributed by atoms with Gasteiger partial charge in [0.05, 0.1) is 18.8 Å². The molecule has 12 heavy (non-hydrogen) atoms. The lowest BCUT2D eigenvalue weighted by Crippen LogP contribution is -2.44. The summed E-state index contributed by atoms with van der Waals surface area (Å²) in [5, 5.41) is 9.28. The third-order valence-electron chi connectivity index (χ3n) is 1.97. The van der Waals surface area contributed by atoms with Crippen molar-refractivity contribution in [2.45, 2.75) is 19.1 Å². The highest BCUT2D eigenvalue weighted by atomic mass is 35.5. The second kappa shape index (κ2) is 5.02. The lowest BCUT2D eigenvalue weighted by molar-refractivity contribution is -0.0293. The van der Waals surface area contributed by atoms with Gasteiger partial charge in [-0.3, -0.25) is 4.90 Å². The average Bonchev–Trinajstić information content (AvgIpc) is 2.04. The summed E-state index contributed by atoms with van der Waals surface area (Å²) in [6.07, 6.45) is -0.127. The molecule has 0 aromatic rings. The molecule has 1 aliphatic heterocycles. The SMILES string of the molecule is CC1CN(CC(O)CCl)CCO1. The van der Waals surface area contributed by atoms with Gasteiger partial charge in [-0.1, -0.05) is 0 Å². The molecule has 1 fully saturated rings. The molecule has 72 valence electrons. The summed E-state index contributed by atoms with van der Waals surface area (Å²) in [5.41, 5.74) is 0. The first-order valence-electron chi connectivity index (χ1n) is 4.30. The molecular weight excluding hydrogens is 178 g/mol. The molecule has 0 aromatic carbocycles. The number of morpholine rings is 1. The summed E-state index contributed by atoms with van der Waals surface area (Å²) in [6.45, 7) is 5.26. The van der Waals surface area contributed by atoms with Crippen molar-refractivity contribution in [1.82, 2.24) is 4.90 Å². The van der Waals surface area contributed by atoms with Crippen molar-refractivity contribution >= 4 is 11.6 Å². The van der Waals surface area contributed by atoms with Crippen LogP contribution in [0.3, 0.4) is 0 Å². The highest BCUT2D eigenvalue weighted by Gasteiger charge is 2.18. The Morgan fingerprint density at radius 3 is 3.08 bits per heavy atom. The molecule has 2 unspecified atom stereocenters. The molecule has 1 aliphatic rings. The summed E-state index contributed by atoms with van der Waals surface area (Å²) < 4.78 is 5.37. The first-order chi connectivity index (χ1) is 5.72. The number of ether oxygens (including phenoxy) is 1. The molecule has 2 atom stereocenters. The van der Waals surface area contributed by atoms with E-state index in [1.54, 1.807) is 0 Å². The van der Waals surface area contributed by atoms with Gasteiger partial charge in [-0.2, -0.15) is 0 Å². The standard InChI is InChI=1S/C8H16ClNO2/c1-7-5-10(2-3-12-7)6-8(11)4-9/h7-8,11H,2-6H2,1H3. The molecule has 1 saturated heterocycles. The Kier molecular flexibility index (Phi) is 4.29. The van der Waals surface area contributed by atoms with Gasteiger partial charge < -0.3 is 9.84 Å². The van der Waals surface area contributed by atoms with E-state index in [4.69, 9.17) is 16.3 Å². The number of nitrogens with zero attached hydrogens (tertiary/aromatic N) is 1. The first kappa shape index (κ1) is 10.3. The maximum Gasteiger partial charge on any atom is 0.0802 e. The van der Waals surface area contributed by atoms with Crippen LogP contribution in [-0.2, 0) is 4.74 Å². The summed E-state index contributed by atoms with van der Waals surface area (Å²) in [7, 11) is 0. The van der Waals surface area contributed by atoms with Crippen LogP contribution in [0.4, 0.5) is 0 Å². The number of β-amino-alcohol motifs (C(OH)–C–C–N with tert-alkyl or cyclic N) is 1. The number of hydrogen-bond acceptors (Lipinski definition) is 3. The largest absolute Gasteiger partial charge is 0.391 e. The van der Waals surface area contributed by atoms with Gasteiger partial charge in [0, 0.05) is 25.5 Å². The monoisotopic (exact) mass is 193 g/mol. The number of alkyl halides is 1. The molecule has 0 aliphatic carbocycles. The summed E-state index contributed by atoms with van der Waals surface area (Å²) >= 11 is 5.50. The quantitative estimate of drug-likeness (QED) is 0.655. The van der Waals surface area contributed by atoms with Crippen molar-refractivity contribution in [1.29, 1.82) is 0 Å². The number of rotatable bonds is 3. The minimum Gasteiger partial charge on any atom is -0.391 e. The molecule has 4 heteroatoms. The van der Waals surface area contributed by atoms with Crippen molar-refractivity contribution in [2.75, 3.05) is 32.1 Å². The van der Waals surface area contributed by atoms with Crippen molar-refractivity contribution < 1.29 is 9.84 Å². The molecule has 1 N–H and O–H groups in total. The van der Waals surface area contributed by atoms with Gasteiger partial charge in [-0.25, -0.2) is 0 Å². The molecule has 0 radical (unpaired) electrons. The highest BCUT2D eigenvalue weighted by Crippen LogP contribution is 2.05. The van der Waals surface area contributed by atoms with Crippen LogP contribution in [0.15, 0.2) is 0 Å². The Labute approximate surface area is 78.3 Å². The van der Waals surface area contributed by atoms with Gasteiger partial charge in [0.1, 0.15) is 0 Å². The van der Waals surface area contributed by atoms with Crippen LogP contribution in [0.2, 0.25) is 0 Å². The van der Waals surface area contributed by atoms with Crippen LogP contribution >= 0.6 is 11.6 Å². The van der Waals surface area contributed by atoms with E-state index in [1.807, 2.05) is 6.92 Å². The predicted molar refractivity (Wildman–Crippen MR) is 48.6 cm³/mol.